The minimum atomic E-state index is 0. The van der Waals surface area contributed by atoms with E-state index >= 15 is 0 Å². The molecule has 150 valence electrons. The summed E-state index contributed by atoms with van der Waals surface area (Å²) in [7, 11) is 1.87. The fourth-order valence-corrected chi connectivity index (χ4v) is 5.02. The maximum atomic E-state index is 5.69. The second-order valence-corrected chi connectivity index (χ2v) is 7.78. The van der Waals surface area contributed by atoms with Crippen LogP contribution in [0.25, 0.3) is 0 Å². The van der Waals surface area contributed by atoms with Crippen LogP contribution in [0.15, 0.2) is 29.5 Å². The van der Waals surface area contributed by atoms with Crippen LogP contribution < -0.4 is 10.1 Å². The molecule has 27 heavy (non-hydrogen) atoms. The Bertz CT molecular complexity index is 606. The van der Waals surface area contributed by atoms with Gasteiger partial charge in [0.15, 0.2) is 5.96 Å². The van der Waals surface area contributed by atoms with E-state index in [4.69, 9.17) is 4.74 Å². The molecule has 0 aromatic carbocycles. The number of nitrogens with one attached hydrogen (secondary N) is 1. The SMILES string of the molecule is CN=C(NCCOc1cccnc1)N1CCN(C2CC3CCC2C3)CC1.I. The van der Waals surface area contributed by atoms with Crippen LogP contribution in [0, 0.1) is 11.8 Å². The highest BCUT2D eigenvalue weighted by Gasteiger charge is 2.42. The molecule has 3 atom stereocenters. The van der Waals surface area contributed by atoms with Gasteiger partial charge in [0.05, 0.1) is 12.7 Å². The largest absolute Gasteiger partial charge is 0.490 e. The van der Waals surface area contributed by atoms with E-state index in [-0.39, 0.29) is 24.0 Å². The Morgan fingerprint density at radius 2 is 2.11 bits per heavy atom. The highest BCUT2D eigenvalue weighted by atomic mass is 127. The number of aromatic nitrogens is 1. The number of hydrogen-bond donors (Lipinski definition) is 1. The Balaban J connectivity index is 0.00000210. The maximum absolute atomic E-state index is 5.69. The van der Waals surface area contributed by atoms with Crippen molar-refractivity contribution in [2.75, 3.05) is 46.4 Å². The van der Waals surface area contributed by atoms with E-state index in [1.807, 2.05) is 19.2 Å². The average molecular weight is 485 g/mol. The molecule has 2 bridgehead atoms. The Morgan fingerprint density at radius 3 is 2.74 bits per heavy atom. The van der Waals surface area contributed by atoms with Gasteiger partial charge in [0.25, 0.3) is 0 Å². The quantitative estimate of drug-likeness (QED) is 0.301. The van der Waals surface area contributed by atoms with Crippen LogP contribution in [0.5, 0.6) is 5.75 Å². The molecule has 1 aromatic rings. The van der Waals surface area contributed by atoms with Crippen molar-refractivity contribution in [3.8, 4) is 5.75 Å². The zero-order valence-electron chi connectivity index (χ0n) is 16.2. The van der Waals surface area contributed by atoms with Crippen molar-refractivity contribution in [1.82, 2.24) is 20.1 Å². The van der Waals surface area contributed by atoms with E-state index in [0.29, 0.717) is 6.61 Å². The third-order valence-electron chi connectivity index (χ3n) is 6.28. The lowest BCUT2D eigenvalue weighted by atomic mass is 9.93. The zero-order chi connectivity index (χ0) is 17.8. The monoisotopic (exact) mass is 485 g/mol. The average Bonchev–Trinajstić information content (AvgIpc) is 3.33. The predicted molar refractivity (Wildman–Crippen MR) is 119 cm³/mol. The number of aliphatic imine (C=N–C) groups is 1. The molecule has 6 nitrogen and oxygen atoms in total. The lowest BCUT2D eigenvalue weighted by Gasteiger charge is -2.41. The van der Waals surface area contributed by atoms with Gasteiger partial charge < -0.3 is 15.0 Å². The van der Waals surface area contributed by atoms with Crippen LogP contribution >= 0.6 is 24.0 Å². The molecule has 2 heterocycles. The number of ether oxygens (including phenoxy) is 1. The van der Waals surface area contributed by atoms with Crippen molar-refractivity contribution < 1.29 is 4.74 Å². The number of guanidine groups is 1. The molecule has 2 saturated carbocycles. The van der Waals surface area contributed by atoms with Gasteiger partial charge >= 0.3 is 0 Å². The molecular formula is C20H32IN5O. The highest BCUT2D eigenvalue weighted by Crippen LogP contribution is 2.46. The number of nitrogens with zero attached hydrogens (tertiary/aromatic N) is 4. The third-order valence-corrected chi connectivity index (χ3v) is 6.28. The minimum absolute atomic E-state index is 0. The van der Waals surface area contributed by atoms with Gasteiger partial charge in [0.1, 0.15) is 12.4 Å². The first-order valence-electron chi connectivity index (χ1n) is 10.1. The second kappa shape index (κ2) is 9.91. The lowest BCUT2D eigenvalue weighted by molar-refractivity contribution is 0.0957. The van der Waals surface area contributed by atoms with Crippen LogP contribution in [-0.4, -0.2) is 73.2 Å². The Hall–Kier alpha value is -1.09. The predicted octanol–water partition coefficient (Wildman–Crippen LogP) is 2.46. The molecule has 3 fully saturated rings. The number of halogens is 1. The van der Waals surface area contributed by atoms with Crippen molar-refractivity contribution in [2.45, 2.75) is 31.7 Å². The summed E-state index contributed by atoms with van der Waals surface area (Å²) in [6.07, 6.45) is 9.38. The summed E-state index contributed by atoms with van der Waals surface area (Å²) in [5.74, 6) is 3.81. The van der Waals surface area contributed by atoms with Gasteiger partial charge in [-0.25, -0.2) is 0 Å². The molecule has 1 aromatic heterocycles. The summed E-state index contributed by atoms with van der Waals surface area (Å²) in [5.41, 5.74) is 0. The Morgan fingerprint density at radius 1 is 1.26 bits per heavy atom. The normalized spacial score (nSPS) is 28.1. The number of hydrogen-bond acceptors (Lipinski definition) is 4. The first-order valence-corrected chi connectivity index (χ1v) is 10.1. The summed E-state index contributed by atoms with van der Waals surface area (Å²) in [5, 5.41) is 3.43. The van der Waals surface area contributed by atoms with Gasteiger partial charge in [-0.15, -0.1) is 24.0 Å². The number of rotatable bonds is 5. The van der Waals surface area contributed by atoms with Gasteiger partial charge in [0.2, 0.25) is 0 Å². The molecule has 7 heteroatoms. The van der Waals surface area contributed by atoms with Crippen LogP contribution in [0.2, 0.25) is 0 Å². The molecule has 1 saturated heterocycles. The molecule has 2 aliphatic carbocycles. The summed E-state index contributed by atoms with van der Waals surface area (Å²) < 4.78 is 5.69. The lowest BCUT2D eigenvalue weighted by Crippen LogP contribution is -2.55. The van der Waals surface area contributed by atoms with Crippen LogP contribution in [0.1, 0.15) is 25.7 Å². The van der Waals surface area contributed by atoms with E-state index < -0.39 is 0 Å². The van der Waals surface area contributed by atoms with E-state index in [9.17, 15) is 0 Å². The molecule has 3 aliphatic rings. The molecule has 0 spiro atoms. The summed E-state index contributed by atoms with van der Waals surface area (Å²) in [6.45, 7) is 5.82. The van der Waals surface area contributed by atoms with Crippen molar-refractivity contribution in [1.29, 1.82) is 0 Å². The summed E-state index contributed by atoms with van der Waals surface area (Å²) in [4.78, 5) is 13.7. The van der Waals surface area contributed by atoms with Crippen LogP contribution in [0.3, 0.4) is 0 Å². The zero-order valence-corrected chi connectivity index (χ0v) is 18.5. The summed E-state index contributed by atoms with van der Waals surface area (Å²) >= 11 is 0. The molecule has 0 radical (unpaired) electrons. The Labute approximate surface area is 179 Å². The van der Waals surface area contributed by atoms with E-state index in [2.05, 4.69) is 25.1 Å². The number of pyridine rings is 1. The standard InChI is InChI=1S/C20H31N5O.HI/c1-21-20(23-7-12-26-18-3-2-6-22-15-18)25-10-8-24(9-11-25)19-14-16-4-5-17(19)13-16;/h2-3,6,15-17,19H,4-5,7-14H2,1H3,(H,21,23);1H. The van der Waals surface area contributed by atoms with Gasteiger partial charge in [0, 0.05) is 45.5 Å². The van der Waals surface area contributed by atoms with Crippen molar-refractivity contribution in [3.63, 3.8) is 0 Å². The maximum Gasteiger partial charge on any atom is 0.193 e. The van der Waals surface area contributed by atoms with Crippen LogP contribution in [0.4, 0.5) is 0 Å². The molecule has 3 unspecified atom stereocenters. The molecule has 1 N–H and O–H groups in total. The molecule has 0 amide bonds. The first-order chi connectivity index (χ1) is 12.8. The smallest absolute Gasteiger partial charge is 0.193 e. The molecular weight excluding hydrogens is 453 g/mol. The second-order valence-electron chi connectivity index (χ2n) is 7.78. The third kappa shape index (κ3) is 5.04. The van der Waals surface area contributed by atoms with E-state index in [1.165, 1.54) is 38.8 Å². The first kappa shape index (κ1) is 20.6. The van der Waals surface area contributed by atoms with Crippen molar-refractivity contribution in [3.05, 3.63) is 24.5 Å². The molecule has 1 aliphatic heterocycles. The minimum Gasteiger partial charge on any atom is -0.490 e. The van der Waals surface area contributed by atoms with Crippen molar-refractivity contribution in [2.24, 2.45) is 16.8 Å². The Kier molecular flexibility index (Phi) is 7.57. The molecule has 4 rings (SSSR count). The fraction of sp³-hybridized carbons (Fsp3) is 0.700. The fourth-order valence-electron chi connectivity index (χ4n) is 5.02. The number of piperazine rings is 1. The topological polar surface area (TPSA) is 53.0 Å². The van der Waals surface area contributed by atoms with Gasteiger partial charge in [-0.05, 0) is 43.2 Å². The van der Waals surface area contributed by atoms with Crippen LogP contribution in [-0.2, 0) is 0 Å². The summed E-state index contributed by atoms with van der Waals surface area (Å²) in [6, 6.07) is 4.67. The van der Waals surface area contributed by atoms with Crippen molar-refractivity contribution >= 4 is 29.9 Å². The highest BCUT2D eigenvalue weighted by molar-refractivity contribution is 14.0. The van der Waals surface area contributed by atoms with E-state index in [1.54, 1.807) is 12.4 Å². The van der Waals surface area contributed by atoms with Gasteiger partial charge in [-0.3, -0.25) is 14.9 Å². The number of fused-ring (bicyclic) bond motifs is 2. The van der Waals surface area contributed by atoms with E-state index in [0.717, 1.165) is 49.2 Å². The van der Waals surface area contributed by atoms with Gasteiger partial charge in [-0.2, -0.15) is 0 Å². The van der Waals surface area contributed by atoms with Gasteiger partial charge in [-0.1, -0.05) is 6.42 Å².